The van der Waals surface area contributed by atoms with E-state index < -0.39 is 17.8 Å². The first-order valence-electron chi connectivity index (χ1n) is 9.87. The summed E-state index contributed by atoms with van der Waals surface area (Å²) in [5, 5.41) is 18.8. The molecule has 9 nitrogen and oxygen atoms in total. The summed E-state index contributed by atoms with van der Waals surface area (Å²) in [6, 6.07) is 12.1. The molecule has 0 saturated carbocycles. The van der Waals surface area contributed by atoms with Crippen molar-refractivity contribution >= 4 is 35.4 Å². The molecule has 0 unspecified atom stereocenters. The van der Waals surface area contributed by atoms with Crippen LogP contribution >= 0.6 is 0 Å². The van der Waals surface area contributed by atoms with Crippen LogP contribution in [0, 0.1) is 6.92 Å². The Hall–Kier alpha value is -3.72. The number of nitrogens with one attached hydrogen (secondary N) is 3. The van der Waals surface area contributed by atoms with Crippen LogP contribution in [0.4, 0.5) is 11.4 Å². The third-order valence-electron chi connectivity index (χ3n) is 4.80. The number of aromatic carboxylic acids is 1. The summed E-state index contributed by atoms with van der Waals surface area (Å²) in [5.41, 5.74) is 5.11. The first-order chi connectivity index (χ1) is 14.9. The van der Waals surface area contributed by atoms with E-state index in [0.29, 0.717) is 17.9 Å². The molecule has 0 spiro atoms. The number of aryl methyl sites for hydroxylation is 1. The molecule has 1 heterocycles. The second-order valence-electron chi connectivity index (χ2n) is 7.09. The Bertz CT molecular complexity index is 999. The molecular formula is C22H24N4O5. The van der Waals surface area contributed by atoms with E-state index in [4.69, 9.17) is 4.74 Å². The number of rotatable bonds is 7. The average molecular weight is 424 g/mol. The normalized spacial score (nSPS) is 15.6. The number of hydrazone groups is 1. The summed E-state index contributed by atoms with van der Waals surface area (Å²) in [4.78, 5) is 35.2. The molecule has 2 aromatic rings. The van der Waals surface area contributed by atoms with E-state index in [1.54, 1.807) is 6.07 Å². The maximum Gasteiger partial charge on any atom is 0.335 e. The molecule has 1 atom stereocenters. The van der Waals surface area contributed by atoms with Crippen LogP contribution in [0.25, 0.3) is 0 Å². The molecule has 1 aliphatic heterocycles. The van der Waals surface area contributed by atoms with Crippen molar-refractivity contribution < 1.29 is 24.2 Å². The molecule has 0 aromatic heterocycles. The van der Waals surface area contributed by atoms with Crippen LogP contribution in [0.1, 0.15) is 34.3 Å². The fourth-order valence-corrected chi connectivity index (χ4v) is 3.08. The van der Waals surface area contributed by atoms with Crippen molar-refractivity contribution in [1.82, 2.24) is 10.7 Å². The van der Waals surface area contributed by atoms with Crippen LogP contribution in [0.3, 0.4) is 0 Å². The largest absolute Gasteiger partial charge is 0.478 e. The first-order valence-corrected chi connectivity index (χ1v) is 9.87. The van der Waals surface area contributed by atoms with E-state index in [2.05, 4.69) is 21.2 Å². The second kappa shape index (κ2) is 10.4. The van der Waals surface area contributed by atoms with Gasteiger partial charge in [-0.2, -0.15) is 5.10 Å². The monoisotopic (exact) mass is 424 g/mol. The number of carboxylic acids is 1. The molecule has 2 aromatic carbocycles. The molecule has 3 rings (SSSR count). The molecule has 4 N–H and O–H groups in total. The number of amides is 2. The Morgan fingerprint density at radius 3 is 2.68 bits per heavy atom. The predicted octanol–water partition coefficient (Wildman–Crippen LogP) is 2.18. The molecule has 31 heavy (non-hydrogen) atoms. The number of carbonyl (C=O) groups excluding carboxylic acids is 2. The van der Waals surface area contributed by atoms with E-state index in [9.17, 15) is 19.5 Å². The number of benzene rings is 2. The van der Waals surface area contributed by atoms with Gasteiger partial charge in [0.2, 0.25) is 0 Å². The molecule has 1 fully saturated rings. The van der Waals surface area contributed by atoms with Crippen LogP contribution in [0.5, 0.6) is 0 Å². The Balaban J connectivity index is 1.67. The SMILES string of the molecule is Cc1ccccc1Nc1ccc(C(=O)O)cc1/C=N\NC(=O)C(=O)NC[C@@H]1CCCO1. The van der Waals surface area contributed by atoms with Gasteiger partial charge in [-0.15, -0.1) is 0 Å². The number of ether oxygens (including phenoxy) is 1. The number of para-hydroxylation sites is 1. The number of nitrogens with zero attached hydrogens (tertiary/aromatic N) is 1. The maximum absolute atomic E-state index is 11.9. The van der Waals surface area contributed by atoms with Crippen molar-refractivity contribution in [3.05, 3.63) is 59.2 Å². The number of hydrogen-bond acceptors (Lipinski definition) is 6. The Labute approximate surface area is 179 Å². The van der Waals surface area contributed by atoms with Crippen LogP contribution in [0.15, 0.2) is 47.6 Å². The van der Waals surface area contributed by atoms with Gasteiger partial charge in [-0.25, -0.2) is 10.2 Å². The molecule has 1 saturated heterocycles. The number of anilines is 2. The molecular weight excluding hydrogens is 400 g/mol. The van der Waals surface area contributed by atoms with E-state index >= 15 is 0 Å². The van der Waals surface area contributed by atoms with Gasteiger partial charge >= 0.3 is 17.8 Å². The summed E-state index contributed by atoms with van der Waals surface area (Å²) in [7, 11) is 0. The quantitative estimate of drug-likeness (QED) is 0.306. The van der Waals surface area contributed by atoms with Gasteiger partial charge in [0.25, 0.3) is 0 Å². The number of carboxylic acid groups (broad SMARTS) is 1. The lowest BCUT2D eigenvalue weighted by Crippen LogP contribution is -2.41. The lowest BCUT2D eigenvalue weighted by atomic mass is 10.1. The summed E-state index contributed by atoms with van der Waals surface area (Å²) >= 11 is 0. The average Bonchev–Trinajstić information content (AvgIpc) is 3.28. The van der Waals surface area contributed by atoms with Gasteiger partial charge in [0.15, 0.2) is 0 Å². The maximum atomic E-state index is 11.9. The minimum absolute atomic E-state index is 0.0671. The van der Waals surface area contributed by atoms with Crippen LogP contribution < -0.4 is 16.1 Å². The van der Waals surface area contributed by atoms with E-state index in [-0.39, 0.29) is 18.2 Å². The van der Waals surface area contributed by atoms with Crippen molar-refractivity contribution in [2.24, 2.45) is 5.10 Å². The second-order valence-corrected chi connectivity index (χ2v) is 7.09. The summed E-state index contributed by atoms with van der Waals surface area (Å²) in [5.74, 6) is -2.82. The Morgan fingerprint density at radius 2 is 1.97 bits per heavy atom. The molecule has 1 aliphatic rings. The highest BCUT2D eigenvalue weighted by atomic mass is 16.5. The molecule has 9 heteroatoms. The van der Waals surface area contributed by atoms with Crippen LogP contribution in [-0.2, 0) is 14.3 Å². The lowest BCUT2D eigenvalue weighted by molar-refractivity contribution is -0.139. The van der Waals surface area contributed by atoms with Crippen molar-refractivity contribution in [3.8, 4) is 0 Å². The zero-order chi connectivity index (χ0) is 22.2. The minimum Gasteiger partial charge on any atom is -0.478 e. The van der Waals surface area contributed by atoms with Gasteiger partial charge in [-0.05, 0) is 49.6 Å². The van der Waals surface area contributed by atoms with Gasteiger partial charge in [0.05, 0.1) is 17.9 Å². The lowest BCUT2D eigenvalue weighted by Gasteiger charge is -2.12. The van der Waals surface area contributed by atoms with Gasteiger partial charge < -0.3 is 20.5 Å². The van der Waals surface area contributed by atoms with E-state index in [1.165, 1.54) is 18.3 Å². The van der Waals surface area contributed by atoms with Gasteiger partial charge in [0.1, 0.15) is 0 Å². The third kappa shape index (κ3) is 6.13. The highest BCUT2D eigenvalue weighted by Crippen LogP contribution is 2.23. The van der Waals surface area contributed by atoms with Gasteiger partial charge in [-0.3, -0.25) is 9.59 Å². The van der Waals surface area contributed by atoms with Gasteiger partial charge in [0, 0.05) is 30.1 Å². The topological polar surface area (TPSA) is 129 Å². The summed E-state index contributed by atoms with van der Waals surface area (Å²) in [6.07, 6.45) is 2.99. The third-order valence-corrected chi connectivity index (χ3v) is 4.80. The molecule has 0 bridgehead atoms. The predicted molar refractivity (Wildman–Crippen MR) is 116 cm³/mol. The smallest absolute Gasteiger partial charge is 0.335 e. The van der Waals surface area contributed by atoms with Crippen molar-refractivity contribution in [2.75, 3.05) is 18.5 Å². The molecule has 162 valence electrons. The van der Waals surface area contributed by atoms with Crippen LogP contribution in [-0.4, -0.2) is 48.4 Å². The zero-order valence-electron chi connectivity index (χ0n) is 17.1. The Kier molecular flexibility index (Phi) is 7.34. The molecule has 0 radical (unpaired) electrons. The standard InChI is InChI=1S/C22H24N4O5/c1-14-5-2-3-7-18(14)25-19-9-8-15(22(29)30)11-16(19)12-24-26-21(28)20(27)23-13-17-6-4-10-31-17/h2-3,5,7-9,11-12,17,25H,4,6,10,13H2,1H3,(H,23,27)(H,26,28)(H,29,30)/b24-12-/t17-/m0/s1. The van der Waals surface area contributed by atoms with Crippen LogP contribution in [0.2, 0.25) is 0 Å². The van der Waals surface area contributed by atoms with Crippen molar-refractivity contribution in [3.63, 3.8) is 0 Å². The van der Waals surface area contributed by atoms with E-state index in [0.717, 1.165) is 24.1 Å². The first kappa shape index (κ1) is 22.0. The minimum atomic E-state index is -1.09. The fourth-order valence-electron chi connectivity index (χ4n) is 3.08. The van der Waals surface area contributed by atoms with E-state index in [1.807, 2.05) is 31.2 Å². The zero-order valence-corrected chi connectivity index (χ0v) is 17.1. The summed E-state index contributed by atoms with van der Waals surface area (Å²) in [6.45, 7) is 2.86. The fraction of sp³-hybridized carbons (Fsp3) is 0.273. The highest BCUT2D eigenvalue weighted by Gasteiger charge is 2.19. The van der Waals surface area contributed by atoms with Crippen molar-refractivity contribution in [2.45, 2.75) is 25.9 Å². The van der Waals surface area contributed by atoms with Crippen molar-refractivity contribution in [1.29, 1.82) is 0 Å². The molecule has 2 amide bonds. The highest BCUT2D eigenvalue weighted by molar-refractivity contribution is 6.35. The molecule has 0 aliphatic carbocycles. The number of carbonyl (C=O) groups is 3. The Morgan fingerprint density at radius 1 is 1.16 bits per heavy atom. The number of hydrogen-bond donors (Lipinski definition) is 4. The van der Waals surface area contributed by atoms with Gasteiger partial charge in [-0.1, -0.05) is 18.2 Å². The summed E-state index contributed by atoms with van der Waals surface area (Å²) < 4.78 is 5.39.